The van der Waals surface area contributed by atoms with E-state index in [9.17, 15) is 0 Å². The van der Waals surface area contributed by atoms with Crippen LogP contribution < -0.4 is 10.1 Å². The number of ether oxygens (including phenoxy) is 1. The second-order valence-electron chi connectivity index (χ2n) is 6.42. The van der Waals surface area contributed by atoms with E-state index in [1.54, 1.807) is 0 Å². The minimum absolute atomic E-state index is 0.386. The van der Waals surface area contributed by atoms with Gasteiger partial charge in [-0.25, -0.2) is 0 Å². The third-order valence-electron chi connectivity index (χ3n) is 4.86. The molecule has 1 aliphatic heterocycles. The Kier molecular flexibility index (Phi) is 4.23. The fourth-order valence-electron chi connectivity index (χ4n) is 3.97. The van der Waals surface area contributed by atoms with Crippen molar-refractivity contribution in [3.8, 4) is 5.75 Å². The molecule has 2 aliphatic rings. The quantitative estimate of drug-likeness (QED) is 0.906. The highest BCUT2D eigenvalue weighted by Crippen LogP contribution is 2.42. The fourth-order valence-corrected chi connectivity index (χ4v) is 4.24. The van der Waals surface area contributed by atoms with Gasteiger partial charge in [0.05, 0.1) is 6.61 Å². The van der Waals surface area contributed by atoms with Crippen molar-refractivity contribution < 1.29 is 4.74 Å². The minimum Gasteiger partial charge on any atom is -0.493 e. The lowest BCUT2D eigenvalue weighted by molar-refractivity contribution is 0.183. The first-order valence-electron chi connectivity index (χ1n) is 7.81. The summed E-state index contributed by atoms with van der Waals surface area (Å²) in [6.45, 7) is 1.90. The molecule has 2 nitrogen and oxygen atoms in total. The van der Waals surface area contributed by atoms with Crippen LogP contribution in [-0.2, 0) is 12.8 Å². The van der Waals surface area contributed by atoms with Crippen LogP contribution in [0.2, 0.25) is 5.02 Å². The average Bonchev–Trinajstić information content (AvgIpc) is 2.88. The van der Waals surface area contributed by atoms with Crippen LogP contribution in [0.25, 0.3) is 0 Å². The van der Waals surface area contributed by atoms with Gasteiger partial charge in [-0.2, -0.15) is 0 Å². The predicted molar refractivity (Wildman–Crippen MR) is 83.8 cm³/mol. The van der Waals surface area contributed by atoms with E-state index < -0.39 is 0 Å². The molecule has 3 heteroatoms. The monoisotopic (exact) mass is 293 g/mol. The topological polar surface area (TPSA) is 21.3 Å². The summed E-state index contributed by atoms with van der Waals surface area (Å²) in [5.41, 5.74) is 3.00. The Morgan fingerprint density at radius 2 is 2.05 bits per heavy atom. The number of nitrogens with one attached hydrogen (secondary N) is 1. The van der Waals surface area contributed by atoms with Gasteiger partial charge in [0.2, 0.25) is 0 Å². The number of fused-ring (bicyclic) bond motifs is 1. The van der Waals surface area contributed by atoms with Crippen LogP contribution >= 0.6 is 11.6 Å². The van der Waals surface area contributed by atoms with Crippen LogP contribution in [0.1, 0.15) is 43.2 Å². The molecular formula is C17H24ClNO. The zero-order chi connectivity index (χ0) is 14.0. The molecule has 0 amide bonds. The van der Waals surface area contributed by atoms with Crippen molar-refractivity contribution in [3.63, 3.8) is 0 Å². The molecule has 1 fully saturated rings. The maximum Gasteiger partial charge on any atom is 0.125 e. The molecule has 20 heavy (non-hydrogen) atoms. The van der Waals surface area contributed by atoms with E-state index in [1.165, 1.54) is 43.2 Å². The molecule has 0 bridgehead atoms. The highest BCUT2D eigenvalue weighted by Gasteiger charge is 2.33. The van der Waals surface area contributed by atoms with Crippen molar-refractivity contribution in [3.05, 3.63) is 28.3 Å². The Balaban J connectivity index is 1.89. The van der Waals surface area contributed by atoms with Gasteiger partial charge in [0.1, 0.15) is 5.75 Å². The van der Waals surface area contributed by atoms with Crippen LogP contribution in [0.4, 0.5) is 0 Å². The van der Waals surface area contributed by atoms with Crippen LogP contribution in [0, 0.1) is 5.41 Å². The van der Waals surface area contributed by atoms with E-state index in [0.29, 0.717) is 5.41 Å². The lowest BCUT2D eigenvalue weighted by Gasteiger charge is -2.38. The molecule has 0 atom stereocenters. The van der Waals surface area contributed by atoms with Crippen LogP contribution in [0.15, 0.2) is 12.1 Å². The zero-order valence-corrected chi connectivity index (χ0v) is 13.1. The summed E-state index contributed by atoms with van der Waals surface area (Å²) in [7, 11) is 2.06. The third-order valence-corrected chi connectivity index (χ3v) is 5.07. The van der Waals surface area contributed by atoms with Gasteiger partial charge >= 0.3 is 0 Å². The van der Waals surface area contributed by atoms with E-state index in [1.807, 2.05) is 0 Å². The van der Waals surface area contributed by atoms with Crippen molar-refractivity contribution in [1.29, 1.82) is 0 Å². The second kappa shape index (κ2) is 5.95. The Bertz CT molecular complexity index is 475. The van der Waals surface area contributed by atoms with E-state index in [4.69, 9.17) is 16.3 Å². The van der Waals surface area contributed by atoms with E-state index in [2.05, 4.69) is 24.5 Å². The molecule has 0 aromatic heterocycles. The first-order chi connectivity index (χ1) is 9.72. The van der Waals surface area contributed by atoms with Gasteiger partial charge in [0.15, 0.2) is 0 Å². The Labute approximate surface area is 126 Å². The molecule has 0 spiro atoms. The van der Waals surface area contributed by atoms with E-state index >= 15 is 0 Å². The molecule has 3 rings (SSSR count). The third kappa shape index (κ3) is 2.82. The van der Waals surface area contributed by atoms with E-state index in [0.717, 1.165) is 36.8 Å². The maximum atomic E-state index is 6.30. The molecule has 0 radical (unpaired) electrons. The molecule has 1 heterocycles. The number of halogens is 1. The first-order valence-corrected chi connectivity index (χ1v) is 8.19. The molecule has 1 aromatic carbocycles. The number of hydrogen-bond donors (Lipinski definition) is 1. The van der Waals surface area contributed by atoms with Gasteiger partial charge in [0.25, 0.3) is 0 Å². The smallest absolute Gasteiger partial charge is 0.125 e. The summed E-state index contributed by atoms with van der Waals surface area (Å²) in [5.74, 6) is 1.12. The lowest BCUT2D eigenvalue weighted by Crippen LogP contribution is -2.36. The van der Waals surface area contributed by atoms with Gasteiger partial charge in [-0.15, -0.1) is 0 Å². The molecule has 1 N–H and O–H groups in total. The van der Waals surface area contributed by atoms with Crippen molar-refractivity contribution in [2.45, 2.75) is 44.9 Å². The standard InChI is InChI=1S/C17H24ClNO/c1-19-12-17(6-3-2-4-7-17)11-14-10-15(18)9-13-5-8-20-16(13)14/h9-10,19H,2-8,11-12H2,1H3. The van der Waals surface area contributed by atoms with Crippen LogP contribution in [-0.4, -0.2) is 20.2 Å². The van der Waals surface area contributed by atoms with Crippen molar-refractivity contribution >= 4 is 11.6 Å². The van der Waals surface area contributed by atoms with Crippen molar-refractivity contribution in [2.24, 2.45) is 5.41 Å². The summed E-state index contributed by atoms with van der Waals surface area (Å²) >= 11 is 6.30. The molecular weight excluding hydrogens is 270 g/mol. The Morgan fingerprint density at radius 1 is 1.25 bits per heavy atom. The predicted octanol–water partition coefficient (Wildman–Crippen LogP) is 3.99. The molecule has 1 saturated carbocycles. The maximum absolute atomic E-state index is 6.30. The SMILES string of the molecule is CNCC1(Cc2cc(Cl)cc3c2OCC3)CCCCC1. The van der Waals surface area contributed by atoms with E-state index in [-0.39, 0.29) is 0 Å². The fraction of sp³-hybridized carbons (Fsp3) is 0.647. The molecule has 1 aliphatic carbocycles. The van der Waals surface area contributed by atoms with Gasteiger partial charge < -0.3 is 10.1 Å². The van der Waals surface area contributed by atoms with Gasteiger partial charge in [-0.05, 0) is 55.0 Å². The highest BCUT2D eigenvalue weighted by molar-refractivity contribution is 6.30. The van der Waals surface area contributed by atoms with Crippen LogP contribution in [0.5, 0.6) is 5.75 Å². The lowest BCUT2D eigenvalue weighted by atomic mass is 9.70. The summed E-state index contributed by atoms with van der Waals surface area (Å²) < 4.78 is 5.87. The number of benzene rings is 1. The molecule has 110 valence electrons. The number of rotatable bonds is 4. The summed E-state index contributed by atoms with van der Waals surface area (Å²) in [6, 6.07) is 4.19. The van der Waals surface area contributed by atoms with Crippen molar-refractivity contribution in [1.82, 2.24) is 5.32 Å². The van der Waals surface area contributed by atoms with Gasteiger partial charge in [-0.3, -0.25) is 0 Å². The zero-order valence-electron chi connectivity index (χ0n) is 12.3. The van der Waals surface area contributed by atoms with Gasteiger partial charge in [0, 0.05) is 18.0 Å². The summed E-state index contributed by atoms with van der Waals surface area (Å²) in [5, 5.41) is 4.27. The van der Waals surface area contributed by atoms with Crippen LogP contribution in [0.3, 0.4) is 0 Å². The largest absolute Gasteiger partial charge is 0.493 e. The first kappa shape index (κ1) is 14.2. The normalized spacial score (nSPS) is 20.5. The highest BCUT2D eigenvalue weighted by atomic mass is 35.5. The molecule has 0 saturated heterocycles. The molecule has 1 aromatic rings. The summed E-state index contributed by atoms with van der Waals surface area (Å²) in [4.78, 5) is 0. The molecule has 0 unspecified atom stereocenters. The minimum atomic E-state index is 0.386. The second-order valence-corrected chi connectivity index (χ2v) is 6.86. The number of hydrogen-bond acceptors (Lipinski definition) is 2. The Morgan fingerprint density at radius 3 is 2.80 bits per heavy atom. The Hall–Kier alpha value is -0.730. The van der Waals surface area contributed by atoms with Crippen molar-refractivity contribution in [2.75, 3.05) is 20.2 Å². The average molecular weight is 294 g/mol. The van der Waals surface area contributed by atoms with Gasteiger partial charge in [-0.1, -0.05) is 30.9 Å². The summed E-state index contributed by atoms with van der Waals surface area (Å²) in [6.07, 6.45) is 8.81.